The lowest BCUT2D eigenvalue weighted by Gasteiger charge is -2.29. The fourth-order valence-corrected chi connectivity index (χ4v) is 3.38. The van der Waals surface area contributed by atoms with Crippen LogP contribution in [0.15, 0.2) is 24.3 Å². The number of piperidine rings is 1. The van der Waals surface area contributed by atoms with Gasteiger partial charge in [-0.05, 0) is 37.0 Å². The number of H-pyrrole nitrogens is 1. The summed E-state index contributed by atoms with van der Waals surface area (Å²) in [6.45, 7) is 8.13. The topological polar surface area (TPSA) is 110 Å². The van der Waals surface area contributed by atoms with Crippen LogP contribution < -0.4 is 10.6 Å². The van der Waals surface area contributed by atoms with E-state index in [2.05, 4.69) is 22.0 Å². The van der Waals surface area contributed by atoms with Crippen molar-refractivity contribution in [1.82, 2.24) is 4.98 Å². The van der Waals surface area contributed by atoms with Gasteiger partial charge in [0.2, 0.25) is 0 Å². The zero-order valence-electron chi connectivity index (χ0n) is 16.3. The molecular weight excluding hydrogens is 370 g/mol. The first-order valence-electron chi connectivity index (χ1n) is 9.16. The van der Waals surface area contributed by atoms with Gasteiger partial charge in [0.05, 0.1) is 5.56 Å². The molecule has 0 radical (unpaired) electrons. The lowest BCUT2D eigenvalue weighted by Crippen LogP contribution is -2.29. The number of aromatic nitrogens is 1. The number of pyridine rings is 1. The summed E-state index contributed by atoms with van der Waals surface area (Å²) in [6, 6.07) is 12.1. The molecule has 1 aromatic carbocycles. The van der Waals surface area contributed by atoms with Crippen molar-refractivity contribution < 1.29 is 4.79 Å². The number of aromatic amines is 1. The number of hydrogen-bond acceptors (Lipinski definition) is 6. The Balaban J connectivity index is 0.000000921. The monoisotopic (exact) mass is 395 g/mol. The standard InChI is InChI=1S/C18H17N5S.C2H6.CH2O/c19-10-14-16(15(11-20)18(24)22-17(14)21)12-4-6-13(7-5-12)23-8-2-1-3-9-23;2*1-2/h4-7H,1-3,8-9H2,(H3,21,22,24);1-2H3;1H2. The summed E-state index contributed by atoms with van der Waals surface area (Å²) in [6.07, 6.45) is 3.71. The Morgan fingerprint density at radius 3 is 2.07 bits per heavy atom. The zero-order valence-corrected chi connectivity index (χ0v) is 17.1. The number of nitrogens with one attached hydrogen (secondary N) is 1. The van der Waals surface area contributed by atoms with E-state index in [1.807, 2.05) is 44.9 Å². The highest BCUT2D eigenvalue weighted by molar-refractivity contribution is 7.71. The average Bonchev–Trinajstić information content (AvgIpc) is 2.77. The summed E-state index contributed by atoms with van der Waals surface area (Å²) in [5.74, 6) is 0.191. The minimum atomic E-state index is 0.191. The van der Waals surface area contributed by atoms with Crippen molar-refractivity contribution in [3.8, 4) is 23.3 Å². The molecule has 6 nitrogen and oxygen atoms in total. The van der Waals surface area contributed by atoms with Crippen LogP contribution in [0.25, 0.3) is 11.1 Å². The van der Waals surface area contributed by atoms with Gasteiger partial charge < -0.3 is 20.4 Å². The van der Waals surface area contributed by atoms with Gasteiger partial charge in [0, 0.05) is 24.3 Å². The van der Waals surface area contributed by atoms with Crippen LogP contribution in [-0.2, 0) is 4.79 Å². The molecule has 2 aromatic rings. The van der Waals surface area contributed by atoms with Crippen molar-refractivity contribution >= 4 is 30.5 Å². The van der Waals surface area contributed by atoms with Crippen LogP contribution in [0.3, 0.4) is 0 Å². The van der Waals surface area contributed by atoms with Gasteiger partial charge in [0.15, 0.2) is 0 Å². The van der Waals surface area contributed by atoms with E-state index in [0.29, 0.717) is 5.56 Å². The highest BCUT2D eigenvalue weighted by atomic mass is 32.1. The van der Waals surface area contributed by atoms with Gasteiger partial charge >= 0.3 is 0 Å². The van der Waals surface area contributed by atoms with Gasteiger partial charge in [-0.1, -0.05) is 38.2 Å². The normalized spacial score (nSPS) is 12.4. The molecule has 0 amide bonds. The van der Waals surface area contributed by atoms with E-state index >= 15 is 0 Å². The Labute approximate surface area is 171 Å². The minimum absolute atomic E-state index is 0.191. The van der Waals surface area contributed by atoms with Crippen molar-refractivity contribution in [1.29, 1.82) is 10.5 Å². The van der Waals surface area contributed by atoms with Gasteiger partial charge in [-0.3, -0.25) is 0 Å². The molecule has 146 valence electrons. The number of benzene rings is 1. The summed E-state index contributed by atoms with van der Waals surface area (Å²) < 4.78 is 0.254. The molecule has 1 aliphatic rings. The van der Waals surface area contributed by atoms with Crippen molar-refractivity contribution in [2.45, 2.75) is 33.1 Å². The van der Waals surface area contributed by atoms with Crippen molar-refractivity contribution in [2.75, 3.05) is 23.7 Å². The third-order valence-corrected chi connectivity index (χ3v) is 4.65. The molecule has 0 atom stereocenters. The molecule has 7 heteroatoms. The fraction of sp³-hybridized carbons (Fsp3) is 0.333. The Bertz CT molecular complexity index is 916. The molecule has 1 aromatic heterocycles. The molecule has 0 unspecified atom stereocenters. The molecule has 1 aliphatic heterocycles. The van der Waals surface area contributed by atoms with Gasteiger partial charge in [-0.2, -0.15) is 10.5 Å². The van der Waals surface area contributed by atoms with Crippen LogP contribution >= 0.6 is 12.2 Å². The minimum Gasteiger partial charge on any atom is -0.384 e. The highest BCUT2D eigenvalue weighted by Gasteiger charge is 2.17. The van der Waals surface area contributed by atoms with Crippen LogP contribution in [0.1, 0.15) is 44.2 Å². The van der Waals surface area contributed by atoms with Crippen LogP contribution in [0.5, 0.6) is 0 Å². The summed E-state index contributed by atoms with van der Waals surface area (Å²) in [5.41, 5.74) is 8.85. The second-order valence-corrected chi connectivity index (χ2v) is 6.22. The Kier molecular flexibility index (Phi) is 9.42. The lowest BCUT2D eigenvalue weighted by molar-refractivity contribution is -0.0979. The maximum absolute atomic E-state index is 9.43. The number of hydrogen-bond donors (Lipinski definition) is 2. The van der Waals surface area contributed by atoms with Crippen molar-refractivity contribution in [3.63, 3.8) is 0 Å². The molecule has 28 heavy (non-hydrogen) atoms. The van der Waals surface area contributed by atoms with Crippen LogP contribution in [-0.4, -0.2) is 24.9 Å². The number of nitriles is 2. The van der Waals surface area contributed by atoms with Gasteiger partial charge in [0.1, 0.15) is 34.9 Å². The van der Waals surface area contributed by atoms with E-state index in [4.69, 9.17) is 22.7 Å². The summed E-state index contributed by atoms with van der Waals surface area (Å²) >= 11 is 5.19. The van der Waals surface area contributed by atoms with Crippen molar-refractivity contribution in [2.24, 2.45) is 0 Å². The van der Waals surface area contributed by atoms with Crippen molar-refractivity contribution in [3.05, 3.63) is 40.0 Å². The molecule has 0 spiro atoms. The number of nitrogens with zero attached hydrogens (tertiary/aromatic N) is 3. The predicted octanol–water partition coefficient (Wildman–Crippen LogP) is 4.57. The molecule has 3 N–H and O–H groups in total. The van der Waals surface area contributed by atoms with E-state index in [1.54, 1.807) is 0 Å². The summed E-state index contributed by atoms with van der Waals surface area (Å²) in [5, 5.41) is 18.9. The zero-order chi connectivity index (χ0) is 21.1. The molecule has 0 bridgehead atoms. The Hall–Kier alpha value is -3.16. The second kappa shape index (κ2) is 11.5. The molecule has 0 aliphatic carbocycles. The third kappa shape index (κ3) is 4.97. The quantitative estimate of drug-likeness (QED) is 0.721. The molecule has 0 saturated carbocycles. The average molecular weight is 396 g/mol. The largest absolute Gasteiger partial charge is 0.384 e. The third-order valence-electron chi connectivity index (χ3n) is 4.35. The summed E-state index contributed by atoms with van der Waals surface area (Å²) in [4.78, 5) is 13.1. The van der Waals surface area contributed by atoms with Gasteiger partial charge in [-0.25, -0.2) is 0 Å². The molecule has 1 saturated heterocycles. The maximum atomic E-state index is 9.43. The Morgan fingerprint density at radius 1 is 1.04 bits per heavy atom. The molecular formula is C21H25N5OS. The van der Waals surface area contributed by atoms with Crippen LogP contribution in [0, 0.1) is 27.3 Å². The first kappa shape index (κ1) is 22.9. The number of carbonyl (C=O) groups excluding carboxylic acids is 1. The molecule has 2 heterocycles. The number of nitrogens with two attached hydrogens (primary N) is 1. The fourth-order valence-electron chi connectivity index (χ4n) is 3.12. The van der Waals surface area contributed by atoms with Crippen LogP contribution in [0.2, 0.25) is 0 Å². The van der Waals surface area contributed by atoms with E-state index < -0.39 is 0 Å². The molecule has 3 rings (SSSR count). The second-order valence-electron chi connectivity index (χ2n) is 5.81. The van der Waals surface area contributed by atoms with E-state index in [1.165, 1.54) is 19.3 Å². The van der Waals surface area contributed by atoms with Gasteiger partial charge in [0.25, 0.3) is 0 Å². The first-order chi connectivity index (χ1) is 13.7. The van der Waals surface area contributed by atoms with E-state index in [0.717, 1.165) is 24.3 Å². The van der Waals surface area contributed by atoms with E-state index in [9.17, 15) is 10.5 Å². The first-order valence-corrected chi connectivity index (χ1v) is 9.56. The molecule has 1 fully saturated rings. The predicted molar refractivity (Wildman–Crippen MR) is 115 cm³/mol. The van der Waals surface area contributed by atoms with E-state index in [-0.39, 0.29) is 21.6 Å². The number of nitrogen functional groups attached to an aromatic ring is 1. The van der Waals surface area contributed by atoms with Crippen LogP contribution in [0.4, 0.5) is 11.5 Å². The Morgan fingerprint density at radius 2 is 1.57 bits per heavy atom. The maximum Gasteiger partial charge on any atom is 0.123 e. The highest BCUT2D eigenvalue weighted by Crippen LogP contribution is 2.32. The number of carbonyl (C=O) groups is 1. The number of rotatable bonds is 2. The van der Waals surface area contributed by atoms with Gasteiger partial charge in [-0.15, -0.1) is 0 Å². The number of anilines is 2. The summed E-state index contributed by atoms with van der Waals surface area (Å²) in [7, 11) is 0. The lowest BCUT2D eigenvalue weighted by atomic mass is 9.96. The SMILES string of the molecule is C=O.CC.N#Cc1c(N)[nH]c(=S)c(C#N)c1-c1ccc(N2CCCCC2)cc1. The smallest absolute Gasteiger partial charge is 0.123 e.